The van der Waals surface area contributed by atoms with Gasteiger partial charge in [0.05, 0.1) is 27.2 Å². The van der Waals surface area contributed by atoms with E-state index in [1.807, 2.05) is 6.92 Å². The summed E-state index contributed by atoms with van der Waals surface area (Å²) < 4.78 is 81.9. The standard InChI is InChI=1S/C35H31F5N2O8S3/c1-6-52-32-21(16(2)43)31(45)41(32)27(34(51)49-15-17-10-12-19(13-11-17)42(47)48)28(30(44)35(3,4)5)50-20-9-7-8-18(14-20)33(46)53-29-25(39)23(37)22(36)24(38)26(29)40/h7-14,16,21,32,43H,6,15H2,1-5H3/t16-,21+,32-/m1/s1. The second kappa shape index (κ2) is 16.7. The second-order valence-corrected chi connectivity index (χ2v) is 15.2. The van der Waals surface area contributed by atoms with E-state index in [1.54, 1.807) is 20.8 Å². The van der Waals surface area contributed by atoms with Gasteiger partial charge in [-0.25, -0.2) is 22.0 Å². The molecule has 0 spiro atoms. The number of nitrogens with zero attached hydrogens (tertiary/aromatic N) is 2. The number of carbonyl (C=O) groups excluding carboxylic acids is 3. The van der Waals surface area contributed by atoms with Gasteiger partial charge in [-0.2, -0.15) is 0 Å². The number of Topliss-reactive ketones (excluding diaryl/α,β-unsaturated/α-hetero) is 1. The average Bonchev–Trinajstić information content (AvgIpc) is 3.11. The van der Waals surface area contributed by atoms with Gasteiger partial charge in [-0.15, -0.1) is 11.8 Å². The molecule has 0 unspecified atom stereocenters. The summed E-state index contributed by atoms with van der Waals surface area (Å²) in [5, 5.41) is 19.2. The lowest BCUT2D eigenvalue weighted by Crippen LogP contribution is -2.63. The summed E-state index contributed by atoms with van der Waals surface area (Å²) in [5.74, 6) is -13.7. The number of nitro benzene ring substituents is 1. The van der Waals surface area contributed by atoms with Crippen LogP contribution in [0.15, 0.2) is 64.9 Å². The van der Waals surface area contributed by atoms with Crippen molar-refractivity contribution < 1.29 is 55.8 Å². The van der Waals surface area contributed by atoms with Crippen LogP contribution >= 0.6 is 35.7 Å². The summed E-state index contributed by atoms with van der Waals surface area (Å²) in [6.07, 6.45) is -1.10. The Morgan fingerprint density at radius 3 is 2.13 bits per heavy atom. The van der Waals surface area contributed by atoms with Crippen molar-refractivity contribution in [3.05, 3.63) is 110 Å². The molecule has 1 aliphatic rings. The van der Waals surface area contributed by atoms with E-state index in [0.717, 1.165) is 11.0 Å². The quantitative estimate of drug-likeness (QED) is 0.0173. The van der Waals surface area contributed by atoms with E-state index < -0.39 is 89.3 Å². The number of β-lactam (4-membered cyclic amide) rings is 1. The number of likely N-dealkylation sites (tertiary alicyclic amines) is 1. The molecule has 1 fully saturated rings. The summed E-state index contributed by atoms with van der Waals surface area (Å²) in [7, 11) is 0. The maximum Gasteiger partial charge on any atom is 0.269 e. The smallest absolute Gasteiger partial charge is 0.269 e. The SMILES string of the molecule is CCS[C@@H]1[C@@H]([C@@H](C)O)C(=O)N1C(C(=S)OCc1ccc([N+](=O)[O-])cc1)=C(Oc1cccc(C(=O)Sc2c(F)c(F)c(F)c(F)c2F)c1)C(=O)C(C)(C)C. The van der Waals surface area contributed by atoms with Crippen molar-refractivity contribution in [1.29, 1.82) is 0 Å². The molecule has 18 heteroatoms. The predicted octanol–water partition coefficient (Wildman–Crippen LogP) is 7.89. The van der Waals surface area contributed by atoms with Crippen LogP contribution in [-0.4, -0.2) is 54.0 Å². The van der Waals surface area contributed by atoms with Gasteiger partial charge in [-0.05, 0) is 66.5 Å². The van der Waals surface area contributed by atoms with Gasteiger partial charge >= 0.3 is 0 Å². The molecular formula is C35H31F5N2O8S3. The molecule has 3 aromatic rings. The number of non-ortho nitro benzene ring substituents is 1. The first-order valence-electron chi connectivity index (χ1n) is 15.6. The van der Waals surface area contributed by atoms with Gasteiger partial charge in [0.1, 0.15) is 18.1 Å². The molecule has 1 saturated heterocycles. The van der Waals surface area contributed by atoms with Crippen LogP contribution in [0.1, 0.15) is 50.5 Å². The molecule has 1 heterocycles. The molecule has 0 saturated carbocycles. The summed E-state index contributed by atoms with van der Waals surface area (Å²) in [6.45, 7) is 7.62. The minimum Gasteiger partial charge on any atom is -0.477 e. The van der Waals surface area contributed by atoms with Gasteiger partial charge in [-0.3, -0.25) is 29.4 Å². The molecule has 0 aromatic heterocycles. The van der Waals surface area contributed by atoms with E-state index in [1.165, 1.54) is 61.2 Å². The maximum absolute atomic E-state index is 14.4. The zero-order valence-electron chi connectivity index (χ0n) is 28.6. The highest BCUT2D eigenvalue weighted by Gasteiger charge is 2.54. The van der Waals surface area contributed by atoms with Gasteiger partial charge in [-0.1, -0.05) is 39.8 Å². The largest absolute Gasteiger partial charge is 0.477 e. The topological polar surface area (TPSA) is 136 Å². The second-order valence-electron chi connectivity index (χ2n) is 12.5. The number of ketones is 1. The number of hydrogen-bond donors (Lipinski definition) is 1. The lowest BCUT2D eigenvalue weighted by molar-refractivity contribution is -0.384. The third-order valence-electron chi connectivity index (χ3n) is 7.65. The maximum atomic E-state index is 14.4. The first kappa shape index (κ1) is 41.4. The van der Waals surface area contributed by atoms with E-state index in [0.29, 0.717) is 11.3 Å². The number of allylic oxidation sites excluding steroid dienone is 1. The number of thiocarbonyl (C=S) groups is 1. The number of thioether (sulfide) groups is 2. The molecule has 3 atom stereocenters. The van der Waals surface area contributed by atoms with Crippen LogP contribution in [0.25, 0.3) is 0 Å². The molecule has 53 heavy (non-hydrogen) atoms. The molecule has 282 valence electrons. The summed E-state index contributed by atoms with van der Waals surface area (Å²) in [4.78, 5) is 51.1. The van der Waals surface area contributed by atoms with Crippen molar-refractivity contribution in [2.24, 2.45) is 11.3 Å². The summed E-state index contributed by atoms with van der Waals surface area (Å²) in [5.41, 5.74) is -1.55. The van der Waals surface area contributed by atoms with E-state index in [9.17, 15) is 51.6 Å². The van der Waals surface area contributed by atoms with Crippen LogP contribution in [0.2, 0.25) is 0 Å². The third kappa shape index (κ3) is 8.88. The Balaban J connectivity index is 1.81. The zero-order valence-corrected chi connectivity index (χ0v) is 31.0. The van der Waals surface area contributed by atoms with Gasteiger partial charge < -0.3 is 14.6 Å². The molecule has 0 bridgehead atoms. The van der Waals surface area contributed by atoms with Crippen molar-refractivity contribution in [3.8, 4) is 5.75 Å². The van der Waals surface area contributed by atoms with Crippen molar-refractivity contribution in [3.63, 3.8) is 0 Å². The van der Waals surface area contributed by atoms with Crippen LogP contribution in [0.5, 0.6) is 5.75 Å². The molecule has 0 aliphatic carbocycles. The van der Waals surface area contributed by atoms with Crippen molar-refractivity contribution >= 4 is 63.3 Å². The number of benzene rings is 3. The number of hydrogen-bond acceptors (Lipinski definition) is 11. The Bertz CT molecular complexity index is 1980. The van der Waals surface area contributed by atoms with Gasteiger partial charge in [0.25, 0.3) is 5.69 Å². The number of rotatable bonds is 13. The number of ether oxygens (including phenoxy) is 2. The highest BCUT2D eigenvalue weighted by Crippen LogP contribution is 2.43. The van der Waals surface area contributed by atoms with E-state index in [-0.39, 0.29) is 41.1 Å². The van der Waals surface area contributed by atoms with Crippen molar-refractivity contribution in [1.82, 2.24) is 4.90 Å². The Kier molecular flexibility index (Phi) is 13.1. The molecule has 4 rings (SSSR count). The zero-order chi connectivity index (χ0) is 39.5. The Hall–Kier alpha value is -4.39. The highest BCUT2D eigenvalue weighted by atomic mass is 32.2. The molecule has 0 radical (unpaired) electrons. The van der Waals surface area contributed by atoms with Crippen LogP contribution in [-0.2, 0) is 20.9 Å². The average molecular weight is 799 g/mol. The van der Waals surface area contributed by atoms with Gasteiger partial charge in [0.2, 0.25) is 27.7 Å². The number of aliphatic hydroxyl groups is 1. The van der Waals surface area contributed by atoms with Crippen molar-refractivity contribution in [2.45, 2.75) is 57.6 Å². The first-order valence-corrected chi connectivity index (χ1v) is 17.9. The molecule has 1 aliphatic heterocycles. The monoisotopic (exact) mass is 798 g/mol. The Morgan fingerprint density at radius 2 is 1.60 bits per heavy atom. The normalized spacial score (nSPS) is 16.7. The predicted molar refractivity (Wildman–Crippen MR) is 189 cm³/mol. The first-order chi connectivity index (χ1) is 24.8. The molecule has 1 amide bonds. The van der Waals surface area contributed by atoms with Crippen molar-refractivity contribution in [2.75, 3.05) is 5.75 Å². The van der Waals surface area contributed by atoms with Crippen LogP contribution in [0.3, 0.4) is 0 Å². The fourth-order valence-corrected chi connectivity index (χ4v) is 7.21. The molecule has 10 nitrogen and oxygen atoms in total. The van der Waals surface area contributed by atoms with Gasteiger partial charge in [0, 0.05) is 23.1 Å². The minimum absolute atomic E-state index is 0.176. The van der Waals surface area contributed by atoms with Crippen LogP contribution in [0.4, 0.5) is 27.6 Å². The number of halogens is 5. The fraction of sp³-hybridized carbons (Fsp3) is 0.314. The lowest BCUT2D eigenvalue weighted by atomic mass is 9.87. The number of amides is 1. The highest BCUT2D eigenvalue weighted by molar-refractivity contribution is 8.14. The van der Waals surface area contributed by atoms with Crippen LogP contribution in [0, 0.1) is 50.5 Å². The number of aliphatic hydroxyl groups excluding tert-OH is 1. The Morgan fingerprint density at radius 1 is 1.02 bits per heavy atom. The van der Waals surface area contributed by atoms with E-state index >= 15 is 0 Å². The summed E-state index contributed by atoms with van der Waals surface area (Å²) in [6, 6.07) is 10.1. The van der Waals surface area contributed by atoms with E-state index in [4.69, 9.17) is 21.7 Å². The molecule has 1 N–H and O–H groups in total. The van der Waals surface area contributed by atoms with Gasteiger partial charge in [0.15, 0.2) is 29.0 Å². The fourth-order valence-electron chi connectivity index (χ4n) is 4.92. The summed E-state index contributed by atoms with van der Waals surface area (Å²) >= 11 is 6.65. The minimum atomic E-state index is -2.39. The lowest BCUT2D eigenvalue weighted by Gasteiger charge is -2.48. The van der Waals surface area contributed by atoms with E-state index in [2.05, 4.69) is 0 Å². The van der Waals surface area contributed by atoms with Crippen LogP contribution < -0.4 is 4.74 Å². The molecular weight excluding hydrogens is 768 g/mol. The Labute approximate surface area is 313 Å². The number of carbonyl (C=O) groups is 3. The third-order valence-corrected chi connectivity index (χ3v) is 10.1. The molecule has 3 aromatic carbocycles. The number of nitro groups is 1.